The normalized spacial score (nSPS) is 14.7. The summed E-state index contributed by atoms with van der Waals surface area (Å²) in [6, 6.07) is 37.0. The fourth-order valence-electron chi connectivity index (χ4n) is 7.06. The third-order valence-electron chi connectivity index (χ3n) is 9.11. The van der Waals surface area contributed by atoms with Gasteiger partial charge in [0.05, 0.1) is 17.9 Å². The second-order valence-corrected chi connectivity index (χ2v) is 12.1. The molecule has 6 aromatic carbocycles. The molecule has 0 aliphatic heterocycles. The van der Waals surface area contributed by atoms with E-state index < -0.39 is 18.1 Å². The van der Waals surface area contributed by atoms with Crippen LogP contribution in [-0.4, -0.2) is 19.5 Å². The Bertz CT molecular complexity index is 2710. The quantitative estimate of drug-likeness (QED) is 0.203. The molecule has 0 spiro atoms. The number of aromatic nitrogens is 4. The van der Waals surface area contributed by atoms with Crippen molar-refractivity contribution in [2.75, 3.05) is 0 Å². The zero-order valence-corrected chi connectivity index (χ0v) is 25.3. The lowest BCUT2D eigenvalue weighted by Crippen LogP contribution is -2.16. The lowest BCUT2D eigenvalue weighted by Gasteiger charge is -2.23. The molecule has 0 unspecified atom stereocenters. The molecule has 2 heterocycles. The van der Waals surface area contributed by atoms with Crippen molar-refractivity contribution in [3.8, 4) is 51.0 Å². The maximum atomic E-state index is 8.67. The second-order valence-electron chi connectivity index (χ2n) is 12.1. The molecule has 0 saturated carbocycles. The number of para-hydroxylation sites is 1. The third-order valence-corrected chi connectivity index (χ3v) is 9.11. The van der Waals surface area contributed by atoms with Gasteiger partial charge in [0.15, 0.2) is 17.5 Å². The molecule has 0 radical (unpaired) electrons. The Morgan fingerprint density at radius 3 is 2.07 bits per heavy atom. The highest BCUT2D eigenvalue weighted by Crippen LogP contribution is 2.52. The van der Waals surface area contributed by atoms with E-state index in [1.54, 1.807) is 0 Å². The van der Waals surface area contributed by atoms with Gasteiger partial charge in [0.2, 0.25) is 0 Å². The lowest BCUT2D eigenvalue weighted by molar-refractivity contribution is 0.664. The van der Waals surface area contributed by atoms with Crippen LogP contribution in [0.25, 0.3) is 72.8 Å². The van der Waals surface area contributed by atoms with Crippen molar-refractivity contribution in [2.45, 2.75) is 19.3 Å². The fourth-order valence-corrected chi connectivity index (χ4v) is 7.06. The van der Waals surface area contributed by atoms with Crippen LogP contribution in [0.5, 0.6) is 0 Å². The molecule has 8 aromatic rings. The maximum Gasteiger partial charge on any atom is 0.164 e. The Morgan fingerprint density at radius 1 is 0.565 bits per heavy atom. The molecule has 0 atom stereocenters. The Labute approximate surface area is 274 Å². The van der Waals surface area contributed by atoms with Crippen LogP contribution in [0.4, 0.5) is 0 Å². The number of fused-ring (bicyclic) bond motifs is 7. The van der Waals surface area contributed by atoms with Gasteiger partial charge in [-0.25, -0.2) is 15.0 Å². The van der Waals surface area contributed by atoms with Crippen LogP contribution in [0.1, 0.15) is 31.8 Å². The minimum Gasteiger partial charge on any atom is -0.309 e. The van der Waals surface area contributed by atoms with Gasteiger partial charge < -0.3 is 4.57 Å². The Hall–Kier alpha value is -5.87. The summed E-state index contributed by atoms with van der Waals surface area (Å²) in [4.78, 5) is 14.3. The molecule has 1 aliphatic carbocycles. The summed E-state index contributed by atoms with van der Waals surface area (Å²) in [6.45, 7) is 4.60. The number of hydrogen-bond acceptors (Lipinski definition) is 3. The summed E-state index contributed by atoms with van der Waals surface area (Å²) in [5, 5.41) is 2.33. The van der Waals surface area contributed by atoms with Crippen molar-refractivity contribution in [3.05, 3.63) is 157 Å². The van der Waals surface area contributed by atoms with Crippen LogP contribution in [0, 0.1) is 0 Å². The molecule has 0 saturated heterocycles. The van der Waals surface area contributed by atoms with E-state index in [1.165, 1.54) is 27.6 Å². The zero-order valence-electron chi connectivity index (χ0n) is 30.3. The average molecular weight is 596 g/mol. The van der Waals surface area contributed by atoms with E-state index in [4.69, 9.17) is 16.8 Å². The van der Waals surface area contributed by atoms with Crippen LogP contribution < -0.4 is 0 Å². The largest absolute Gasteiger partial charge is 0.309 e. The molecule has 4 nitrogen and oxygen atoms in total. The number of hydrogen-bond donors (Lipinski definition) is 0. The molecule has 2 aromatic heterocycles. The lowest BCUT2D eigenvalue weighted by atomic mass is 9.81. The van der Waals surface area contributed by atoms with Crippen LogP contribution in [0.2, 0.25) is 0 Å². The number of benzene rings is 6. The van der Waals surface area contributed by atoms with Crippen LogP contribution >= 0.6 is 0 Å². The second kappa shape index (κ2) is 10.1. The summed E-state index contributed by atoms with van der Waals surface area (Å²) < 4.78 is 44.4. The zero-order chi connectivity index (χ0) is 35.2. The van der Waals surface area contributed by atoms with E-state index >= 15 is 0 Å². The van der Waals surface area contributed by atoms with Gasteiger partial charge in [0.25, 0.3) is 0 Å². The van der Waals surface area contributed by atoms with Crippen molar-refractivity contribution >= 4 is 21.8 Å². The maximum absolute atomic E-state index is 8.67. The Morgan fingerprint density at radius 2 is 1.24 bits per heavy atom. The van der Waals surface area contributed by atoms with E-state index in [9.17, 15) is 0 Å². The van der Waals surface area contributed by atoms with Gasteiger partial charge in [-0.2, -0.15) is 0 Å². The third kappa shape index (κ3) is 3.97. The van der Waals surface area contributed by atoms with E-state index in [0.717, 1.165) is 22.1 Å². The first-order valence-corrected chi connectivity index (χ1v) is 15.3. The molecule has 0 fully saturated rings. The molecule has 1 aliphatic rings. The Balaban J connectivity index is 1.31. The number of rotatable bonds is 4. The van der Waals surface area contributed by atoms with Crippen LogP contribution in [-0.2, 0) is 5.41 Å². The molecular formula is C42H30N4. The summed E-state index contributed by atoms with van der Waals surface area (Å²) in [6.07, 6.45) is 0. The van der Waals surface area contributed by atoms with Crippen molar-refractivity contribution < 1.29 is 6.85 Å². The molecule has 0 bridgehead atoms. The SMILES string of the molecule is [2H]c1c([2H])c([2H])c(-c2nc(-c3ccccc3)nc(-c3cccc(-n4c5ccccc5c5ccc6c(c54)C(C)(C)c4ccccc4-6)c3)n2)c([2H])c1[2H]. The standard InChI is InChI=1S/C42H30N4/c1-42(2)35-22-11-9-20-31(35)33-24-25-34-32-21-10-12-23-36(32)46(38(34)37(33)42)30-19-13-18-29(26-30)41-44-39(27-14-5-3-6-15-27)43-40(45-41)28-16-7-4-8-17-28/h3-26H,1-2H3/i3D,5D,6D,14D,15D. The van der Waals surface area contributed by atoms with Crippen molar-refractivity contribution in [2.24, 2.45) is 0 Å². The molecular weight excluding hydrogens is 560 g/mol. The predicted molar refractivity (Wildman–Crippen MR) is 188 cm³/mol. The topological polar surface area (TPSA) is 43.6 Å². The van der Waals surface area contributed by atoms with Gasteiger partial charge in [-0.15, -0.1) is 0 Å². The summed E-state index contributed by atoms with van der Waals surface area (Å²) in [7, 11) is 0. The molecule has 0 N–H and O–H groups in total. The minimum absolute atomic E-state index is 0.00968. The van der Waals surface area contributed by atoms with Gasteiger partial charge >= 0.3 is 0 Å². The molecule has 9 rings (SSSR count). The minimum atomic E-state index is -0.469. The van der Waals surface area contributed by atoms with Crippen LogP contribution in [0.15, 0.2) is 145 Å². The first-order valence-electron chi connectivity index (χ1n) is 17.8. The highest BCUT2D eigenvalue weighted by molar-refractivity contribution is 6.13. The van der Waals surface area contributed by atoms with Crippen molar-refractivity contribution in [1.29, 1.82) is 0 Å². The first kappa shape index (κ1) is 21.8. The van der Waals surface area contributed by atoms with Crippen LogP contribution in [0.3, 0.4) is 0 Å². The molecule has 0 amide bonds. The fraction of sp³-hybridized carbons (Fsp3) is 0.0714. The Kier molecular flexibility index (Phi) is 4.77. The monoisotopic (exact) mass is 595 g/mol. The van der Waals surface area contributed by atoms with E-state index in [1.807, 2.05) is 42.5 Å². The average Bonchev–Trinajstić information content (AvgIpc) is 3.62. The molecule has 218 valence electrons. The van der Waals surface area contributed by atoms with Gasteiger partial charge in [-0.1, -0.05) is 141 Å². The molecule has 4 heteroatoms. The van der Waals surface area contributed by atoms with Gasteiger partial charge in [-0.05, 0) is 40.5 Å². The smallest absolute Gasteiger partial charge is 0.164 e. The van der Waals surface area contributed by atoms with Gasteiger partial charge in [0.1, 0.15) is 0 Å². The summed E-state index contributed by atoms with van der Waals surface area (Å²) >= 11 is 0. The van der Waals surface area contributed by atoms with Gasteiger partial charge in [-0.3, -0.25) is 0 Å². The van der Waals surface area contributed by atoms with Crippen molar-refractivity contribution in [1.82, 2.24) is 19.5 Å². The highest BCUT2D eigenvalue weighted by Gasteiger charge is 2.38. The van der Waals surface area contributed by atoms with Gasteiger partial charge in [0, 0.05) is 38.6 Å². The summed E-state index contributed by atoms with van der Waals surface area (Å²) in [5.41, 5.74) is 9.30. The van der Waals surface area contributed by atoms with E-state index in [2.05, 4.69) is 96.2 Å². The predicted octanol–water partition coefficient (Wildman–Crippen LogP) is 10.3. The highest BCUT2D eigenvalue weighted by atomic mass is 15.0. The molecule has 46 heavy (non-hydrogen) atoms. The van der Waals surface area contributed by atoms with E-state index in [0.29, 0.717) is 22.8 Å². The van der Waals surface area contributed by atoms with Crippen molar-refractivity contribution in [3.63, 3.8) is 0 Å². The van der Waals surface area contributed by atoms with E-state index in [-0.39, 0.29) is 28.9 Å². The first-order chi connectivity index (χ1) is 24.6. The summed E-state index contributed by atoms with van der Waals surface area (Å²) in [5.74, 6) is 0.670. The number of nitrogens with zero attached hydrogens (tertiary/aromatic N) is 4.